The molecule has 0 N–H and O–H groups in total. The molecule has 0 radical (unpaired) electrons. The maximum Gasteiger partial charge on any atom is 0.235 e. The lowest BCUT2D eigenvalue weighted by Gasteiger charge is -2.15. The molecule has 0 atom stereocenters. The van der Waals surface area contributed by atoms with E-state index in [4.69, 9.17) is 9.97 Å². The maximum absolute atomic E-state index is 5.73. The molecule has 0 unspecified atom stereocenters. The van der Waals surface area contributed by atoms with Crippen molar-refractivity contribution in [1.29, 1.82) is 0 Å². The lowest BCUT2D eigenvalue weighted by molar-refractivity contribution is 1.02. The third kappa shape index (κ3) is 4.55. The summed E-state index contributed by atoms with van der Waals surface area (Å²) in [6.45, 7) is 0. The zero-order chi connectivity index (χ0) is 40.5. The van der Waals surface area contributed by atoms with Gasteiger partial charge in [-0.15, -0.1) is 0 Å². The van der Waals surface area contributed by atoms with Crippen LogP contribution in [0.15, 0.2) is 206 Å². The van der Waals surface area contributed by atoms with Crippen molar-refractivity contribution in [1.82, 2.24) is 19.1 Å². The highest BCUT2D eigenvalue weighted by molar-refractivity contribution is 6.37. The van der Waals surface area contributed by atoms with Crippen molar-refractivity contribution in [3.05, 3.63) is 206 Å². The average molecular weight is 787 g/mol. The van der Waals surface area contributed by atoms with Crippen LogP contribution in [-0.2, 0) is 0 Å². The van der Waals surface area contributed by atoms with Gasteiger partial charge in [0.2, 0.25) is 5.95 Å². The van der Waals surface area contributed by atoms with Crippen molar-refractivity contribution in [2.75, 3.05) is 0 Å². The van der Waals surface area contributed by atoms with Crippen LogP contribution >= 0.6 is 0 Å². The summed E-state index contributed by atoms with van der Waals surface area (Å²) in [7, 11) is 0. The summed E-state index contributed by atoms with van der Waals surface area (Å²) in [6, 6.07) is 74.8. The van der Waals surface area contributed by atoms with Crippen LogP contribution in [0.3, 0.4) is 0 Å². The summed E-state index contributed by atoms with van der Waals surface area (Å²) in [5.41, 5.74) is 8.50. The third-order valence-corrected chi connectivity index (χ3v) is 13.3. The molecule has 14 aromatic rings. The molecule has 4 nitrogen and oxygen atoms in total. The van der Waals surface area contributed by atoms with E-state index in [9.17, 15) is 0 Å². The van der Waals surface area contributed by atoms with Gasteiger partial charge in [-0.2, -0.15) is 0 Å². The Hall–Kier alpha value is -8.34. The SMILES string of the molecule is c1ccc(-n2c3ccccc3c3cc(-c4nc(-n5c6ccc7ccccc7c6c6c7c8ccccc8c8ccccc8c7ccc65)nc5ccc6ccccc6c45)ccc32)cc1. The molecular formula is C58H34N4. The number of nitrogens with zero attached hydrogens (tertiary/aromatic N) is 4. The van der Waals surface area contributed by atoms with E-state index in [0.717, 1.165) is 55.2 Å². The summed E-state index contributed by atoms with van der Waals surface area (Å²) < 4.78 is 4.69. The van der Waals surface area contributed by atoms with E-state index in [1.807, 2.05) is 0 Å². The number of hydrogen-bond acceptors (Lipinski definition) is 2. The minimum absolute atomic E-state index is 0.648. The largest absolute Gasteiger partial charge is 0.309 e. The fourth-order valence-corrected chi connectivity index (χ4v) is 10.7. The predicted molar refractivity (Wildman–Crippen MR) is 261 cm³/mol. The topological polar surface area (TPSA) is 35.6 Å². The van der Waals surface area contributed by atoms with Crippen molar-refractivity contribution in [3.8, 4) is 22.9 Å². The molecule has 0 aliphatic heterocycles. The molecular weight excluding hydrogens is 753 g/mol. The van der Waals surface area contributed by atoms with Gasteiger partial charge in [-0.3, -0.25) is 4.57 Å². The molecule has 14 rings (SSSR count). The molecule has 3 heterocycles. The third-order valence-electron chi connectivity index (χ3n) is 13.3. The predicted octanol–water partition coefficient (Wildman–Crippen LogP) is 15.3. The molecule has 0 aliphatic rings. The quantitative estimate of drug-likeness (QED) is 0.167. The van der Waals surface area contributed by atoms with Crippen molar-refractivity contribution < 1.29 is 0 Å². The second-order valence-corrected chi connectivity index (χ2v) is 16.5. The molecule has 0 saturated heterocycles. The highest BCUT2D eigenvalue weighted by Gasteiger charge is 2.23. The van der Waals surface area contributed by atoms with Crippen LogP contribution in [-0.4, -0.2) is 19.1 Å². The van der Waals surface area contributed by atoms with Gasteiger partial charge < -0.3 is 4.57 Å². The van der Waals surface area contributed by atoms with E-state index >= 15 is 0 Å². The lowest BCUT2D eigenvalue weighted by Crippen LogP contribution is -2.04. The molecule has 0 saturated carbocycles. The van der Waals surface area contributed by atoms with E-state index < -0.39 is 0 Å². The normalized spacial score (nSPS) is 12.2. The van der Waals surface area contributed by atoms with Crippen molar-refractivity contribution in [3.63, 3.8) is 0 Å². The van der Waals surface area contributed by atoms with Gasteiger partial charge in [0.05, 0.1) is 33.3 Å². The summed E-state index contributed by atoms with van der Waals surface area (Å²) in [6.07, 6.45) is 0. The Morgan fingerprint density at radius 2 is 0.823 bits per heavy atom. The molecule has 11 aromatic carbocycles. The minimum atomic E-state index is 0.648. The smallest absolute Gasteiger partial charge is 0.235 e. The van der Waals surface area contributed by atoms with Crippen LogP contribution in [0.1, 0.15) is 0 Å². The first-order chi connectivity index (χ1) is 30.8. The first-order valence-corrected chi connectivity index (χ1v) is 21.3. The molecule has 0 aliphatic carbocycles. The molecule has 4 heteroatoms. The maximum atomic E-state index is 5.73. The Labute approximate surface area is 355 Å². The summed E-state index contributed by atoms with van der Waals surface area (Å²) in [5, 5.41) is 18.1. The second kappa shape index (κ2) is 12.6. The Morgan fingerprint density at radius 3 is 1.58 bits per heavy atom. The molecule has 0 amide bonds. The monoisotopic (exact) mass is 786 g/mol. The summed E-state index contributed by atoms with van der Waals surface area (Å²) in [5.74, 6) is 0.648. The van der Waals surface area contributed by atoms with Crippen LogP contribution in [0.25, 0.3) is 131 Å². The van der Waals surface area contributed by atoms with E-state index in [0.29, 0.717) is 5.95 Å². The van der Waals surface area contributed by atoms with Gasteiger partial charge in [0.1, 0.15) is 0 Å². The Balaban J connectivity index is 1.13. The van der Waals surface area contributed by atoms with Gasteiger partial charge in [0, 0.05) is 43.6 Å². The van der Waals surface area contributed by atoms with Gasteiger partial charge in [-0.25, -0.2) is 9.97 Å². The van der Waals surface area contributed by atoms with E-state index in [-0.39, 0.29) is 0 Å². The van der Waals surface area contributed by atoms with Gasteiger partial charge in [0.25, 0.3) is 0 Å². The van der Waals surface area contributed by atoms with E-state index in [1.165, 1.54) is 70.2 Å². The molecule has 0 fully saturated rings. The van der Waals surface area contributed by atoms with Crippen LogP contribution in [0.2, 0.25) is 0 Å². The van der Waals surface area contributed by atoms with Crippen molar-refractivity contribution in [2.24, 2.45) is 0 Å². The molecule has 0 bridgehead atoms. The van der Waals surface area contributed by atoms with E-state index in [2.05, 4.69) is 215 Å². The minimum Gasteiger partial charge on any atom is -0.309 e. The van der Waals surface area contributed by atoms with Crippen molar-refractivity contribution in [2.45, 2.75) is 0 Å². The van der Waals surface area contributed by atoms with Gasteiger partial charge >= 0.3 is 0 Å². The number of rotatable bonds is 3. The standard InChI is InChI=1S/C58H34N4/c1-2-16-38(17-3-1)61-49-25-13-12-23-44(49)47-34-37(28-31-50(47)61)57-54-39-18-6-4-14-35(39)26-30-48(54)59-58(60-57)62-51-32-27-36-15-5-7-19-40(36)55(51)56-52(62)33-29-46-43-22-9-8-20-41(43)42-21-10-11-24-45(42)53(46)56/h1-34H. The van der Waals surface area contributed by atoms with Crippen LogP contribution in [0.5, 0.6) is 0 Å². The molecule has 286 valence electrons. The Morgan fingerprint density at radius 1 is 0.290 bits per heavy atom. The van der Waals surface area contributed by atoms with Crippen molar-refractivity contribution >= 4 is 108 Å². The molecule has 3 aromatic heterocycles. The molecule has 62 heavy (non-hydrogen) atoms. The zero-order valence-electron chi connectivity index (χ0n) is 33.4. The number of para-hydroxylation sites is 2. The van der Waals surface area contributed by atoms with Gasteiger partial charge in [-0.05, 0) is 97.0 Å². The fourth-order valence-electron chi connectivity index (χ4n) is 10.7. The van der Waals surface area contributed by atoms with Gasteiger partial charge in [0.15, 0.2) is 0 Å². The fraction of sp³-hybridized carbons (Fsp3) is 0. The highest BCUT2D eigenvalue weighted by atomic mass is 15.2. The van der Waals surface area contributed by atoms with Crippen LogP contribution in [0.4, 0.5) is 0 Å². The zero-order valence-corrected chi connectivity index (χ0v) is 33.4. The number of benzene rings is 11. The first-order valence-electron chi connectivity index (χ1n) is 21.3. The van der Waals surface area contributed by atoms with Crippen LogP contribution < -0.4 is 0 Å². The van der Waals surface area contributed by atoms with Crippen LogP contribution in [0, 0.1) is 0 Å². The summed E-state index contributed by atoms with van der Waals surface area (Å²) in [4.78, 5) is 11.3. The van der Waals surface area contributed by atoms with E-state index in [1.54, 1.807) is 0 Å². The Kier molecular flexibility index (Phi) is 6.80. The molecule has 0 spiro atoms. The number of hydrogen-bond donors (Lipinski definition) is 0. The Bertz CT molecular complexity index is 4180. The average Bonchev–Trinajstić information content (AvgIpc) is 3.87. The number of fused-ring (bicyclic) bond motifs is 18. The summed E-state index contributed by atoms with van der Waals surface area (Å²) >= 11 is 0. The lowest BCUT2D eigenvalue weighted by atomic mass is 9.91. The second-order valence-electron chi connectivity index (χ2n) is 16.5. The number of aromatic nitrogens is 4. The highest BCUT2D eigenvalue weighted by Crippen LogP contribution is 2.46. The first kappa shape index (κ1) is 33.5. The van der Waals surface area contributed by atoms with Gasteiger partial charge in [-0.1, -0.05) is 158 Å².